The van der Waals surface area contributed by atoms with Gasteiger partial charge in [-0.15, -0.1) is 24.0 Å². The van der Waals surface area contributed by atoms with Crippen LogP contribution in [0.5, 0.6) is 0 Å². The van der Waals surface area contributed by atoms with Crippen LogP contribution in [-0.2, 0) is 4.79 Å². The summed E-state index contributed by atoms with van der Waals surface area (Å²) in [5, 5.41) is 3.55. The zero-order chi connectivity index (χ0) is 20.6. The van der Waals surface area contributed by atoms with E-state index in [4.69, 9.17) is 0 Å². The number of unbranched alkanes of at least 4 members (excludes halogenated alkanes) is 1. The number of rotatable bonds is 9. The number of nitrogens with zero attached hydrogens (tertiary/aromatic N) is 4. The summed E-state index contributed by atoms with van der Waals surface area (Å²) >= 11 is 0. The number of hydrogen-bond acceptors (Lipinski definition) is 3. The molecule has 1 atom stereocenters. The smallest absolute Gasteiger partial charge is 0.222 e. The van der Waals surface area contributed by atoms with Crippen molar-refractivity contribution in [1.82, 2.24) is 15.1 Å². The highest BCUT2D eigenvalue weighted by Crippen LogP contribution is 2.38. The van der Waals surface area contributed by atoms with Crippen LogP contribution in [0.3, 0.4) is 0 Å². The minimum atomic E-state index is 0. The zero-order valence-electron chi connectivity index (χ0n) is 18.8. The SMILES string of the molecule is CCCCN(C)CCNC(=NC)N1CC(CCN2CCCC2=O)c2ccccc21.I. The van der Waals surface area contributed by atoms with E-state index in [1.807, 2.05) is 11.9 Å². The van der Waals surface area contributed by atoms with Crippen LogP contribution in [-0.4, -0.2) is 75.0 Å². The number of amides is 1. The molecular formula is C23H38IN5O. The average molecular weight is 527 g/mol. The van der Waals surface area contributed by atoms with Gasteiger partial charge in [-0.1, -0.05) is 31.5 Å². The van der Waals surface area contributed by atoms with E-state index in [0.29, 0.717) is 11.8 Å². The average Bonchev–Trinajstić information content (AvgIpc) is 3.31. The third kappa shape index (κ3) is 6.33. The highest BCUT2D eigenvalue weighted by atomic mass is 127. The Balaban J connectivity index is 0.00000320. The van der Waals surface area contributed by atoms with Crippen molar-refractivity contribution >= 4 is 41.5 Å². The van der Waals surface area contributed by atoms with Crippen molar-refractivity contribution in [2.75, 3.05) is 58.3 Å². The van der Waals surface area contributed by atoms with E-state index in [1.165, 1.54) is 24.1 Å². The molecule has 0 bridgehead atoms. The molecule has 0 spiro atoms. The van der Waals surface area contributed by atoms with Crippen molar-refractivity contribution < 1.29 is 4.79 Å². The Morgan fingerprint density at radius 1 is 1.30 bits per heavy atom. The summed E-state index contributed by atoms with van der Waals surface area (Å²) in [6, 6.07) is 8.65. The number of para-hydroxylation sites is 1. The van der Waals surface area contributed by atoms with Crippen molar-refractivity contribution in [2.24, 2.45) is 4.99 Å². The molecule has 1 N–H and O–H groups in total. The Labute approximate surface area is 199 Å². The number of hydrogen-bond donors (Lipinski definition) is 1. The molecule has 30 heavy (non-hydrogen) atoms. The van der Waals surface area contributed by atoms with Gasteiger partial charge in [-0.2, -0.15) is 0 Å². The van der Waals surface area contributed by atoms with Crippen LogP contribution in [0.15, 0.2) is 29.3 Å². The van der Waals surface area contributed by atoms with Crippen LogP contribution in [0.1, 0.15) is 50.5 Å². The maximum atomic E-state index is 12.0. The molecule has 2 heterocycles. The predicted octanol–water partition coefficient (Wildman–Crippen LogP) is 3.53. The molecule has 1 amide bonds. The lowest BCUT2D eigenvalue weighted by Crippen LogP contribution is -2.43. The fraction of sp³-hybridized carbons (Fsp3) is 0.652. The first-order chi connectivity index (χ1) is 14.1. The Morgan fingerprint density at radius 2 is 2.10 bits per heavy atom. The fourth-order valence-electron chi connectivity index (χ4n) is 4.39. The molecule has 1 saturated heterocycles. The first kappa shape index (κ1) is 24.9. The largest absolute Gasteiger partial charge is 0.355 e. The lowest BCUT2D eigenvalue weighted by Gasteiger charge is -2.24. The molecule has 7 heteroatoms. The molecule has 0 aromatic heterocycles. The monoisotopic (exact) mass is 527 g/mol. The van der Waals surface area contributed by atoms with Crippen LogP contribution in [0.4, 0.5) is 5.69 Å². The van der Waals surface area contributed by atoms with Gasteiger partial charge in [-0.05, 0) is 44.5 Å². The Morgan fingerprint density at radius 3 is 2.80 bits per heavy atom. The van der Waals surface area contributed by atoms with E-state index in [-0.39, 0.29) is 24.0 Å². The maximum Gasteiger partial charge on any atom is 0.222 e. The van der Waals surface area contributed by atoms with E-state index in [2.05, 4.69) is 58.3 Å². The third-order valence-electron chi connectivity index (χ3n) is 6.13. The molecule has 0 aliphatic carbocycles. The molecule has 1 aromatic rings. The first-order valence-electron chi connectivity index (χ1n) is 11.2. The number of anilines is 1. The molecule has 168 valence electrons. The summed E-state index contributed by atoms with van der Waals surface area (Å²) in [6.45, 7) is 7.97. The number of carbonyl (C=O) groups excluding carboxylic acids is 1. The van der Waals surface area contributed by atoms with Gasteiger partial charge in [0.15, 0.2) is 5.96 Å². The van der Waals surface area contributed by atoms with Gasteiger partial charge < -0.3 is 20.0 Å². The number of benzene rings is 1. The number of nitrogens with one attached hydrogen (secondary N) is 1. The lowest BCUT2D eigenvalue weighted by atomic mass is 9.98. The molecule has 0 saturated carbocycles. The van der Waals surface area contributed by atoms with E-state index in [1.54, 1.807) is 0 Å². The van der Waals surface area contributed by atoms with Gasteiger partial charge in [-0.3, -0.25) is 9.79 Å². The van der Waals surface area contributed by atoms with Crippen molar-refractivity contribution in [3.8, 4) is 0 Å². The number of likely N-dealkylation sites (N-methyl/N-ethyl adjacent to an activating group) is 1. The van der Waals surface area contributed by atoms with Crippen molar-refractivity contribution in [2.45, 2.75) is 44.9 Å². The van der Waals surface area contributed by atoms with Gasteiger partial charge in [0.1, 0.15) is 0 Å². The summed E-state index contributed by atoms with van der Waals surface area (Å²) in [5.41, 5.74) is 2.62. The number of carbonyl (C=O) groups is 1. The third-order valence-corrected chi connectivity index (χ3v) is 6.13. The van der Waals surface area contributed by atoms with Gasteiger partial charge in [0.05, 0.1) is 0 Å². The minimum Gasteiger partial charge on any atom is -0.355 e. The summed E-state index contributed by atoms with van der Waals surface area (Å²) in [5.74, 6) is 1.70. The molecule has 1 fully saturated rings. The minimum absolute atomic E-state index is 0. The normalized spacial score (nSPS) is 18.7. The molecule has 0 radical (unpaired) electrons. The number of halogens is 1. The standard InChI is InChI=1S/C23H37N5O.HI/c1-4-5-14-26(3)17-13-25-23(24-2)28-18-19(20-9-6-7-10-21(20)28)12-16-27-15-8-11-22(27)29;/h6-7,9-10,19H,4-5,8,11-18H2,1-3H3,(H,24,25);1H. The highest BCUT2D eigenvalue weighted by molar-refractivity contribution is 14.0. The van der Waals surface area contributed by atoms with E-state index >= 15 is 0 Å². The van der Waals surface area contributed by atoms with Gasteiger partial charge in [0, 0.05) is 57.8 Å². The van der Waals surface area contributed by atoms with Crippen LogP contribution in [0, 0.1) is 0 Å². The summed E-state index contributed by atoms with van der Waals surface area (Å²) in [7, 11) is 4.04. The summed E-state index contributed by atoms with van der Waals surface area (Å²) in [4.78, 5) is 23.2. The number of aliphatic imine (C=N–C) groups is 1. The van der Waals surface area contributed by atoms with Crippen LogP contribution < -0.4 is 10.2 Å². The van der Waals surface area contributed by atoms with Gasteiger partial charge in [0.2, 0.25) is 5.91 Å². The van der Waals surface area contributed by atoms with Crippen LogP contribution in [0.2, 0.25) is 0 Å². The molecule has 3 rings (SSSR count). The summed E-state index contributed by atoms with van der Waals surface area (Å²) in [6.07, 6.45) is 5.21. The summed E-state index contributed by atoms with van der Waals surface area (Å²) < 4.78 is 0. The quantitative estimate of drug-likeness (QED) is 0.304. The second-order valence-corrected chi connectivity index (χ2v) is 8.27. The van der Waals surface area contributed by atoms with Crippen LogP contribution in [0.25, 0.3) is 0 Å². The van der Waals surface area contributed by atoms with Crippen molar-refractivity contribution in [3.05, 3.63) is 29.8 Å². The topological polar surface area (TPSA) is 51.2 Å². The molecule has 2 aliphatic rings. The maximum absolute atomic E-state index is 12.0. The fourth-order valence-corrected chi connectivity index (χ4v) is 4.39. The molecule has 1 unspecified atom stereocenters. The van der Waals surface area contributed by atoms with Crippen molar-refractivity contribution in [1.29, 1.82) is 0 Å². The lowest BCUT2D eigenvalue weighted by molar-refractivity contribution is -0.127. The molecule has 1 aromatic carbocycles. The predicted molar refractivity (Wildman–Crippen MR) is 136 cm³/mol. The highest BCUT2D eigenvalue weighted by Gasteiger charge is 2.32. The van der Waals surface area contributed by atoms with E-state index in [0.717, 1.165) is 64.5 Å². The van der Waals surface area contributed by atoms with Gasteiger partial charge >= 0.3 is 0 Å². The number of fused-ring (bicyclic) bond motifs is 1. The van der Waals surface area contributed by atoms with Crippen molar-refractivity contribution in [3.63, 3.8) is 0 Å². The van der Waals surface area contributed by atoms with E-state index < -0.39 is 0 Å². The van der Waals surface area contributed by atoms with Gasteiger partial charge in [0.25, 0.3) is 0 Å². The van der Waals surface area contributed by atoms with E-state index in [9.17, 15) is 4.79 Å². The molecule has 2 aliphatic heterocycles. The second-order valence-electron chi connectivity index (χ2n) is 8.27. The zero-order valence-corrected chi connectivity index (χ0v) is 21.1. The Hall–Kier alpha value is -1.35. The van der Waals surface area contributed by atoms with Crippen LogP contribution >= 0.6 is 24.0 Å². The Bertz CT molecular complexity index is 711. The first-order valence-corrected chi connectivity index (χ1v) is 11.2. The number of likely N-dealkylation sites (tertiary alicyclic amines) is 1. The second kappa shape index (κ2) is 12.5. The number of guanidine groups is 1. The Kier molecular flexibility index (Phi) is 10.4. The molecule has 6 nitrogen and oxygen atoms in total. The molecular weight excluding hydrogens is 489 g/mol. The van der Waals surface area contributed by atoms with Gasteiger partial charge in [-0.25, -0.2) is 0 Å².